The molecule has 2 aliphatic rings. The Balaban J connectivity index is 1.39. The number of carbonyl (C=O) groups is 1. The van der Waals surface area contributed by atoms with E-state index in [-0.39, 0.29) is 28.5 Å². The number of hydrogen-bond acceptors (Lipinski definition) is 7. The van der Waals surface area contributed by atoms with Crippen molar-refractivity contribution in [2.45, 2.75) is 18.9 Å². The van der Waals surface area contributed by atoms with E-state index in [4.69, 9.17) is 21.1 Å². The minimum absolute atomic E-state index is 0.0353. The average molecular weight is 551 g/mol. The summed E-state index contributed by atoms with van der Waals surface area (Å²) in [5.41, 5.74) is 3.79. The van der Waals surface area contributed by atoms with Crippen molar-refractivity contribution in [2.75, 3.05) is 50.2 Å². The monoisotopic (exact) mass is 550 g/mol. The molecule has 39 heavy (non-hydrogen) atoms. The highest BCUT2D eigenvalue weighted by atomic mass is 35.5. The number of methoxy groups -OCH3 is 2. The highest BCUT2D eigenvalue weighted by Crippen LogP contribution is 2.40. The van der Waals surface area contributed by atoms with Crippen molar-refractivity contribution in [3.8, 4) is 11.5 Å². The van der Waals surface area contributed by atoms with Gasteiger partial charge >= 0.3 is 0 Å². The second kappa shape index (κ2) is 11.4. The molecule has 2 aliphatic heterocycles. The molecule has 0 saturated carbocycles. The van der Waals surface area contributed by atoms with E-state index in [1.807, 2.05) is 42.5 Å². The first-order valence-electron chi connectivity index (χ1n) is 12.9. The molecule has 5 rings (SSSR count). The van der Waals surface area contributed by atoms with Gasteiger partial charge in [0.1, 0.15) is 11.5 Å². The summed E-state index contributed by atoms with van der Waals surface area (Å²) in [4.78, 5) is 29.1. The predicted molar refractivity (Wildman–Crippen MR) is 151 cm³/mol. The molecule has 0 unspecified atom stereocenters. The molecular formula is C29H31ClN4O5. The molecule has 3 aromatic carbocycles. The van der Waals surface area contributed by atoms with Gasteiger partial charge in [0, 0.05) is 49.0 Å². The SMILES string of the molecule is COc1ccc(CCNC(=O)[C@@H]2Cc3cc([N+](=O)[O-])ccc3N3CCN(c4cc(Cl)ccc4OC)C[C@H]23)cc1. The molecule has 0 radical (unpaired) electrons. The molecular weight excluding hydrogens is 520 g/mol. The van der Waals surface area contributed by atoms with Gasteiger partial charge in [-0.1, -0.05) is 23.7 Å². The van der Waals surface area contributed by atoms with Gasteiger partial charge in [-0.15, -0.1) is 0 Å². The lowest BCUT2D eigenvalue weighted by molar-refractivity contribution is -0.384. The maximum Gasteiger partial charge on any atom is 0.269 e. The Morgan fingerprint density at radius 2 is 1.85 bits per heavy atom. The highest BCUT2D eigenvalue weighted by Gasteiger charge is 2.42. The molecule has 1 fully saturated rings. The maximum absolute atomic E-state index is 13.6. The minimum atomic E-state index is -0.389. The van der Waals surface area contributed by atoms with Gasteiger partial charge in [-0.2, -0.15) is 0 Å². The number of hydrogen-bond donors (Lipinski definition) is 1. The molecule has 9 nitrogen and oxygen atoms in total. The number of piperazine rings is 1. The normalized spacial score (nSPS) is 18.1. The Labute approximate surface area is 232 Å². The van der Waals surface area contributed by atoms with Crippen LogP contribution in [0.15, 0.2) is 60.7 Å². The van der Waals surface area contributed by atoms with Gasteiger partial charge < -0.3 is 24.6 Å². The van der Waals surface area contributed by atoms with Gasteiger partial charge in [0.2, 0.25) is 5.91 Å². The third kappa shape index (κ3) is 5.59. The van der Waals surface area contributed by atoms with Gasteiger partial charge in [-0.3, -0.25) is 14.9 Å². The number of anilines is 2. The zero-order valence-electron chi connectivity index (χ0n) is 21.9. The summed E-state index contributed by atoms with van der Waals surface area (Å²) < 4.78 is 10.8. The highest BCUT2D eigenvalue weighted by molar-refractivity contribution is 6.31. The third-order valence-electron chi connectivity index (χ3n) is 7.60. The summed E-state index contributed by atoms with van der Waals surface area (Å²) in [6, 6.07) is 18.1. The smallest absolute Gasteiger partial charge is 0.269 e. The first-order valence-corrected chi connectivity index (χ1v) is 13.3. The number of halogens is 1. The standard InChI is InChI=1S/C29H31ClN4O5/c1-38-23-7-3-19(4-8-23)11-12-31-29(35)24-16-20-15-22(34(36)37)6-9-25(20)33-14-13-32(18-27(24)33)26-17-21(30)5-10-28(26)39-2/h3-10,15,17,24,27H,11-14,16,18H2,1-2H3,(H,31,35)/t24-,27-/m1/s1. The van der Waals surface area contributed by atoms with Crippen molar-refractivity contribution >= 4 is 34.6 Å². The molecule has 204 valence electrons. The molecule has 0 bridgehead atoms. The fourth-order valence-corrected chi connectivity index (χ4v) is 5.77. The molecule has 3 aromatic rings. The van der Waals surface area contributed by atoms with Crippen molar-refractivity contribution in [3.05, 3.63) is 86.9 Å². The van der Waals surface area contributed by atoms with E-state index in [1.165, 1.54) is 6.07 Å². The van der Waals surface area contributed by atoms with E-state index in [9.17, 15) is 14.9 Å². The first-order chi connectivity index (χ1) is 18.9. The Kier molecular flexibility index (Phi) is 7.79. The number of amides is 1. The maximum atomic E-state index is 13.6. The summed E-state index contributed by atoms with van der Waals surface area (Å²) in [6.07, 6.45) is 1.11. The Morgan fingerprint density at radius 3 is 2.56 bits per heavy atom. The van der Waals surface area contributed by atoms with Crippen LogP contribution in [0.4, 0.5) is 17.1 Å². The molecule has 1 saturated heterocycles. The van der Waals surface area contributed by atoms with Crippen LogP contribution in [0, 0.1) is 16.0 Å². The van der Waals surface area contributed by atoms with Gasteiger partial charge in [0.15, 0.2) is 0 Å². The van der Waals surface area contributed by atoms with Crippen LogP contribution in [0.1, 0.15) is 11.1 Å². The van der Waals surface area contributed by atoms with Crippen molar-refractivity contribution in [3.63, 3.8) is 0 Å². The van der Waals surface area contributed by atoms with Crippen molar-refractivity contribution in [1.29, 1.82) is 0 Å². The number of rotatable bonds is 8. The largest absolute Gasteiger partial charge is 0.497 e. The molecule has 0 aliphatic carbocycles. The summed E-state index contributed by atoms with van der Waals surface area (Å²) in [7, 11) is 3.26. The topological polar surface area (TPSA) is 97.2 Å². The van der Waals surface area contributed by atoms with Crippen molar-refractivity contribution < 1.29 is 19.2 Å². The van der Waals surface area contributed by atoms with Gasteiger partial charge in [0.05, 0.1) is 36.8 Å². The van der Waals surface area contributed by atoms with Gasteiger partial charge in [-0.25, -0.2) is 0 Å². The Hall–Kier alpha value is -3.98. The number of carbonyl (C=O) groups excluding carboxylic acids is 1. The van der Waals surface area contributed by atoms with Crippen LogP contribution in [0.5, 0.6) is 11.5 Å². The van der Waals surface area contributed by atoms with Crippen molar-refractivity contribution in [2.24, 2.45) is 5.92 Å². The van der Waals surface area contributed by atoms with Crippen LogP contribution in [-0.4, -0.2) is 57.3 Å². The quantitative estimate of drug-likeness (QED) is 0.326. The van der Waals surface area contributed by atoms with E-state index in [0.29, 0.717) is 44.0 Å². The lowest BCUT2D eigenvalue weighted by Gasteiger charge is -2.49. The van der Waals surface area contributed by atoms with Gasteiger partial charge in [0.25, 0.3) is 5.69 Å². The number of nitrogens with zero attached hydrogens (tertiary/aromatic N) is 3. The molecule has 0 aromatic heterocycles. The minimum Gasteiger partial charge on any atom is -0.497 e. The number of non-ortho nitro benzene ring substituents is 1. The lowest BCUT2D eigenvalue weighted by Crippen LogP contribution is -2.61. The molecule has 2 heterocycles. The van der Waals surface area contributed by atoms with Crippen LogP contribution < -0.4 is 24.6 Å². The van der Waals surface area contributed by atoms with Crippen LogP contribution in [0.3, 0.4) is 0 Å². The Morgan fingerprint density at radius 1 is 1.05 bits per heavy atom. The van der Waals surface area contributed by atoms with Crippen LogP contribution in [-0.2, 0) is 17.6 Å². The predicted octanol–water partition coefficient (Wildman–Crippen LogP) is 4.49. The summed E-state index contributed by atoms with van der Waals surface area (Å²) in [6.45, 7) is 2.42. The molecule has 1 N–H and O–H groups in total. The Bertz CT molecular complexity index is 1370. The number of ether oxygens (including phenoxy) is 2. The molecule has 2 atom stereocenters. The van der Waals surface area contributed by atoms with Crippen LogP contribution >= 0.6 is 11.6 Å². The molecule has 1 amide bonds. The number of benzene rings is 3. The summed E-state index contributed by atoms with van der Waals surface area (Å²) in [5.74, 6) is 1.06. The third-order valence-corrected chi connectivity index (χ3v) is 7.83. The fraction of sp³-hybridized carbons (Fsp3) is 0.345. The number of fused-ring (bicyclic) bond motifs is 3. The zero-order valence-corrected chi connectivity index (χ0v) is 22.7. The van der Waals surface area contributed by atoms with E-state index >= 15 is 0 Å². The number of nitrogens with one attached hydrogen (secondary N) is 1. The number of nitro benzene ring substituents is 1. The average Bonchev–Trinajstić information content (AvgIpc) is 2.96. The number of nitro groups is 1. The van der Waals surface area contributed by atoms with Crippen molar-refractivity contribution in [1.82, 2.24) is 5.32 Å². The van der Waals surface area contributed by atoms with E-state index in [2.05, 4.69) is 15.1 Å². The fourth-order valence-electron chi connectivity index (χ4n) is 5.61. The summed E-state index contributed by atoms with van der Waals surface area (Å²) in [5, 5.41) is 15.2. The van der Waals surface area contributed by atoms with E-state index in [0.717, 1.165) is 34.0 Å². The first kappa shape index (κ1) is 26.6. The van der Waals surface area contributed by atoms with E-state index < -0.39 is 0 Å². The van der Waals surface area contributed by atoms with Crippen LogP contribution in [0.2, 0.25) is 5.02 Å². The second-order valence-corrected chi connectivity index (χ2v) is 10.2. The van der Waals surface area contributed by atoms with E-state index in [1.54, 1.807) is 26.4 Å². The lowest BCUT2D eigenvalue weighted by atomic mass is 9.83. The second-order valence-electron chi connectivity index (χ2n) is 9.79. The van der Waals surface area contributed by atoms with Gasteiger partial charge in [-0.05, 0) is 60.4 Å². The molecule has 0 spiro atoms. The zero-order chi connectivity index (χ0) is 27.5. The van der Waals surface area contributed by atoms with Crippen LogP contribution in [0.25, 0.3) is 0 Å². The summed E-state index contributed by atoms with van der Waals surface area (Å²) >= 11 is 6.32. The molecule has 10 heteroatoms.